The summed E-state index contributed by atoms with van der Waals surface area (Å²) >= 11 is 0. The van der Waals surface area contributed by atoms with Crippen molar-refractivity contribution in [3.8, 4) is 0 Å². The fourth-order valence-corrected chi connectivity index (χ4v) is 2.07. The van der Waals surface area contributed by atoms with Crippen LogP contribution in [-0.4, -0.2) is 71.2 Å². The third-order valence-corrected chi connectivity index (χ3v) is 3.23. The van der Waals surface area contributed by atoms with E-state index in [4.69, 9.17) is 0 Å². The molecule has 0 aromatic carbocycles. The summed E-state index contributed by atoms with van der Waals surface area (Å²) in [6, 6.07) is 1.65. The van der Waals surface area contributed by atoms with Crippen LogP contribution in [0.4, 0.5) is 0 Å². The summed E-state index contributed by atoms with van der Waals surface area (Å²) in [4.78, 5) is 27.4. The highest BCUT2D eigenvalue weighted by molar-refractivity contribution is 5.94. The average molecular weight is 265 g/mol. The van der Waals surface area contributed by atoms with Crippen molar-refractivity contribution in [2.24, 2.45) is 7.05 Å². The maximum atomic E-state index is 12.1. The lowest BCUT2D eigenvalue weighted by Crippen LogP contribution is -2.49. The van der Waals surface area contributed by atoms with Crippen molar-refractivity contribution < 1.29 is 9.59 Å². The zero-order chi connectivity index (χ0) is 13.8. The van der Waals surface area contributed by atoms with E-state index in [1.807, 2.05) is 0 Å². The predicted molar refractivity (Wildman–Crippen MR) is 69.6 cm³/mol. The van der Waals surface area contributed by atoms with Crippen LogP contribution in [0.5, 0.6) is 0 Å². The van der Waals surface area contributed by atoms with Crippen molar-refractivity contribution >= 4 is 11.8 Å². The van der Waals surface area contributed by atoms with Gasteiger partial charge in [0.2, 0.25) is 5.91 Å². The molecule has 1 aromatic heterocycles. The number of nitrogens with zero attached hydrogens (tertiary/aromatic N) is 4. The lowest BCUT2D eigenvalue weighted by Gasteiger charge is -2.29. The van der Waals surface area contributed by atoms with Gasteiger partial charge in [0.05, 0.1) is 6.54 Å². The Morgan fingerprint density at radius 1 is 1.42 bits per heavy atom. The highest BCUT2D eigenvalue weighted by Gasteiger charge is 2.21. The minimum Gasteiger partial charge on any atom is -0.339 e. The SMILES string of the molecule is CN(CC(=O)N1CCNCC1)C(=O)c1ccnn1C. The molecule has 0 spiro atoms. The molecule has 2 rings (SSSR count). The van der Waals surface area contributed by atoms with Crippen LogP contribution in [0.15, 0.2) is 12.3 Å². The summed E-state index contributed by atoms with van der Waals surface area (Å²) < 4.78 is 1.51. The van der Waals surface area contributed by atoms with Crippen molar-refractivity contribution in [2.45, 2.75) is 0 Å². The lowest BCUT2D eigenvalue weighted by molar-refractivity contribution is -0.132. The highest BCUT2D eigenvalue weighted by atomic mass is 16.2. The minimum atomic E-state index is -0.191. The third-order valence-electron chi connectivity index (χ3n) is 3.23. The summed E-state index contributed by atoms with van der Waals surface area (Å²) in [5, 5.41) is 7.14. The van der Waals surface area contributed by atoms with Crippen LogP contribution in [0.2, 0.25) is 0 Å². The molecule has 0 atom stereocenters. The lowest BCUT2D eigenvalue weighted by atomic mass is 10.3. The van der Waals surface area contributed by atoms with Crippen LogP contribution in [0.1, 0.15) is 10.5 Å². The number of carbonyl (C=O) groups excluding carboxylic acids is 2. The van der Waals surface area contributed by atoms with E-state index in [-0.39, 0.29) is 18.4 Å². The molecule has 1 saturated heterocycles. The molecule has 1 aliphatic rings. The van der Waals surface area contributed by atoms with Gasteiger partial charge >= 0.3 is 0 Å². The molecule has 0 radical (unpaired) electrons. The van der Waals surface area contributed by atoms with Gasteiger partial charge in [-0.15, -0.1) is 0 Å². The van der Waals surface area contributed by atoms with Crippen LogP contribution in [-0.2, 0) is 11.8 Å². The second-order valence-electron chi connectivity index (χ2n) is 4.63. The summed E-state index contributed by atoms with van der Waals surface area (Å²) in [7, 11) is 3.34. The Bertz CT molecular complexity index is 464. The molecule has 0 aliphatic carbocycles. The number of likely N-dealkylation sites (N-methyl/N-ethyl adjacent to an activating group) is 1. The van der Waals surface area contributed by atoms with Crippen LogP contribution >= 0.6 is 0 Å². The van der Waals surface area contributed by atoms with Gasteiger partial charge in [0, 0.05) is 46.5 Å². The molecule has 7 nitrogen and oxygen atoms in total. The van der Waals surface area contributed by atoms with Crippen LogP contribution in [0, 0.1) is 0 Å². The van der Waals surface area contributed by atoms with Crippen LogP contribution < -0.4 is 5.32 Å². The van der Waals surface area contributed by atoms with Gasteiger partial charge in [-0.2, -0.15) is 5.10 Å². The molecule has 0 saturated carbocycles. The molecule has 2 amide bonds. The molecule has 1 fully saturated rings. The van der Waals surface area contributed by atoms with Gasteiger partial charge in [-0.05, 0) is 6.07 Å². The van der Waals surface area contributed by atoms with Crippen LogP contribution in [0.3, 0.4) is 0 Å². The second kappa shape index (κ2) is 5.83. The van der Waals surface area contributed by atoms with E-state index < -0.39 is 0 Å². The van der Waals surface area contributed by atoms with Gasteiger partial charge < -0.3 is 15.1 Å². The molecule has 0 bridgehead atoms. The zero-order valence-electron chi connectivity index (χ0n) is 11.3. The van der Waals surface area contributed by atoms with E-state index >= 15 is 0 Å². The van der Waals surface area contributed by atoms with E-state index in [0.29, 0.717) is 18.8 Å². The largest absolute Gasteiger partial charge is 0.339 e. The van der Waals surface area contributed by atoms with E-state index in [1.165, 1.54) is 9.58 Å². The number of amides is 2. The van der Waals surface area contributed by atoms with Crippen molar-refractivity contribution in [3.05, 3.63) is 18.0 Å². The average Bonchev–Trinajstić information content (AvgIpc) is 2.85. The van der Waals surface area contributed by atoms with Gasteiger partial charge in [-0.1, -0.05) is 0 Å². The summed E-state index contributed by atoms with van der Waals surface area (Å²) in [5.41, 5.74) is 0.482. The van der Waals surface area contributed by atoms with Crippen molar-refractivity contribution in [1.82, 2.24) is 24.9 Å². The predicted octanol–water partition coefficient (Wildman–Crippen LogP) is -1.08. The number of aromatic nitrogens is 2. The fraction of sp³-hybridized carbons (Fsp3) is 0.583. The Hall–Kier alpha value is -1.89. The summed E-state index contributed by atoms with van der Waals surface area (Å²) in [5.74, 6) is -0.206. The van der Waals surface area contributed by atoms with Gasteiger partial charge in [0.15, 0.2) is 0 Å². The topological polar surface area (TPSA) is 70.5 Å². The zero-order valence-corrected chi connectivity index (χ0v) is 11.3. The van der Waals surface area contributed by atoms with Crippen molar-refractivity contribution in [1.29, 1.82) is 0 Å². The smallest absolute Gasteiger partial charge is 0.272 e. The first-order chi connectivity index (χ1) is 9.09. The number of hydrogen-bond donors (Lipinski definition) is 1. The van der Waals surface area contributed by atoms with E-state index in [9.17, 15) is 9.59 Å². The second-order valence-corrected chi connectivity index (χ2v) is 4.63. The molecule has 2 heterocycles. The molecule has 104 valence electrons. The maximum Gasteiger partial charge on any atom is 0.272 e. The fourth-order valence-electron chi connectivity index (χ4n) is 2.07. The Balaban J connectivity index is 1.93. The Morgan fingerprint density at radius 2 is 2.11 bits per heavy atom. The molecular formula is C12H19N5O2. The van der Waals surface area contributed by atoms with Crippen molar-refractivity contribution in [3.63, 3.8) is 0 Å². The molecule has 1 aromatic rings. The maximum absolute atomic E-state index is 12.1. The van der Waals surface area contributed by atoms with E-state index in [2.05, 4.69) is 10.4 Å². The Labute approximate surface area is 112 Å². The normalized spacial score (nSPS) is 15.4. The molecule has 1 aliphatic heterocycles. The summed E-state index contributed by atoms with van der Waals surface area (Å²) in [6.45, 7) is 3.12. The molecule has 7 heteroatoms. The molecular weight excluding hydrogens is 246 g/mol. The van der Waals surface area contributed by atoms with Gasteiger partial charge in [0.1, 0.15) is 5.69 Å². The van der Waals surface area contributed by atoms with Gasteiger partial charge in [-0.25, -0.2) is 0 Å². The minimum absolute atomic E-state index is 0.0143. The number of aryl methyl sites for hydroxylation is 1. The molecule has 1 N–H and O–H groups in total. The monoisotopic (exact) mass is 265 g/mol. The number of hydrogen-bond acceptors (Lipinski definition) is 4. The number of rotatable bonds is 3. The van der Waals surface area contributed by atoms with Gasteiger partial charge in [-0.3, -0.25) is 14.3 Å². The number of piperazine rings is 1. The Morgan fingerprint density at radius 3 is 2.68 bits per heavy atom. The number of nitrogens with one attached hydrogen (secondary N) is 1. The summed E-state index contributed by atoms with van der Waals surface area (Å²) in [6.07, 6.45) is 1.57. The number of carbonyl (C=O) groups is 2. The van der Waals surface area contributed by atoms with Gasteiger partial charge in [0.25, 0.3) is 5.91 Å². The third kappa shape index (κ3) is 3.11. The standard InChI is InChI=1S/C12H19N5O2/c1-15(12(19)10-3-4-14-16(10)2)9-11(18)17-7-5-13-6-8-17/h3-4,13H,5-9H2,1-2H3. The Kier molecular flexibility index (Phi) is 4.16. The molecule has 0 unspecified atom stereocenters. The quantitative estimate of drug-likeness (QED) is 0.755. The first-order valence-electron chi connectivity index (χ1n) is 6.31. The first-order valence-corrected chi connectivity index (χ1v) is 6.31. The van der Waals surface area contributed by atoms with Crippen molar-refractivity contribution in [2.75, 3.05) is 39.8 Å². The van der Waals surface area contributed by atoms with Crippen LogP contribution in [0.25, 0.3) is 0 Å². The van der Waals surface area contributed by atoms with E-state index in [1.54, 1.807) is 31.3 Å². The first kappa shape index (κ1) is 13.5. The highest BCUT2D eigenvalue weighted by Crippen LogP contribution is 2.03. The molecule has 19 heavy (non-hydrogen) atoms. The van der Waals surface area contributed by atoms with E-state index in [0.717, 1.165) is 13.1 Å².